The molecule has 4 heteroatoms. The molecule has 3 atom stereocenters. The van der Waals surface area contributed by atoms with Crippen molar-refractivity contribution in [2.24, 2.45) is 23.7 Å². The Morgan fingerprint density at radius 3 is 2.20 bits per heavy atom. The minimum atomic E-state index is 0.370. The van der Waals surface area contributed by atoms with Crippen molar-refractivity contribution in [2.45, 2.75) is 38.5 Å². The van der Waals surface area contributed by atoms with Gasteiger partial charge in [-0.3, -0.25) is 4.79 Å². The van der Waals surface area contributed by atoms with Crippen molar-refractivity contribution in [3.05, 3.63) is 24.3 Å². The van der Waals surface area contributed by atoms with Crippen LogP contribution in [-0.4, -0.2) is 37.6 Å². The smallest absolute Gasteiger partial charge is 0.226 e. The quantitative estimate of drug-likeness (QED) is 0.817. The fraction of sp³-hybridized carbons (Fsp3) is 0.667. The molecule has 4 nitrogen and oxygen atoms in total. The number of hydrogen-bond donors (Lipinski definition) is 0. The van der Waals surface area contributed by atoms with Crippen molar-refractivity contribution < 1.29 is 14.3 Å². The number of rotatable bonds is 5. The van der Waals surface area contributed by atoms with Crippen LogP contribution in [0.3, 0.4) is 0 Å². The highest BCUT2D eigenvalue weighted by molar-refractivity contribution is 5.82. The molecule has 1 amide bonds. The third-order valence-corrected chi connectivity index (χ3v) is 6.41. The van der Waals surface area contributed by atoms with Crippen molar-refractivity contribution in [1.82, 2.24) is 4.90 Å². The van der Waals surface area contributed by atoms with Crippen molar-refractivity contribution in [3.63, 3.8) is 0 Å². The average molecular weight is 343 g/mol. The van der Waals surface area contributed by atoms with Crippen LogP contribution in [0.5, 0.6) is 11.5 Å². The average Bonchev–Trinajstić information content (AvgIpc) is 3.41. The van der Waals surface area contributed by atoms with Gasteiger partial charge < -0.3 is 14.4 Å². The number of likely N-dealkylation sites (tertiary alicyclic amines) is 1. The van der Waals surface area contributed by atoms with Gasteiger partial charge in [-0.1, -0.05) is 12.8 Å². The highest BCUT2D eigenvalue weighted by atomic mass is 16.5. The highest BCUT2D eigenvalue weighted by Crippen LogP contribution is 2.56. The standard InChI is InChI=1S/C21H29NO3/c1-24-16-6-8-17(9-7-16)25-14-15-10-12-22(13-11-15)21(23)20-18-4-2-3-5-19(18)20/h6-9,15,18-20H,2-5,10-14H2,1H3/t18-,19+,20?. The molecule has 0 radical (unpaired) electrons. The van der Waals surface area contributed by atoms with E-state index < -0.39 is 0 Å². The Labute approximate surface area is 150 Å². The van der Waals surface area contributed by atoms with Gasteiger partial charge in [0, 0.05) is 19.0 Å². The lowest BCUT2D eigenvalue weighted by atomic mass is 9.97. The number of fused-ring (bicyclic) bond motifs is 1. The van der Waals surface area contributed by atoms with E-state index in [1.54, 1.807) is 7.11 Å². The first-order chi connectivity index (χ1) is 12.3. The number of nitrogens with zero attached hydrogens (tertiary/aromatic N) is 1. The van der Waals surface area contributed by atoms with Gasteiger partial charge in [0.1, 0.15) is 11.5 Å². The van der Waals surface area contributed by atoms with Crippen molar-refractivity contribution in [2.75, 3.05) is 26.8 Å². The molecule has 1 aromatic rings. The molecule has 2 aliphatic carbocycles. The molecule has 0 spiro atoms. The van der Waals surface area contributed by atoms with Crippen LogP contribution >= 0.6 is 0 Å². The van der Waals surface area contributed by atoms with Gasteiger partial charge >= 0.3 is 0 Å². The summed E-state index contributed by atoms with van der Waals surface area (Å²) in [5.41, 5.74) is 0. The molecule has 1 aromatic carbocycles. The Morgan fingerprint density at radius 1 is 1.00 bits per heavy atom. The number of carbonyl (C=O) groups excluding carboxylic acids is 1. The van der Waals surface area contributed by atoms with Crippen LogP contribution in [0.25, 0.3) is 0 Å². The van der Waals surface area contributed by atoms with Crippen molar-refractivity contribution in [3.8, 4) is 11.5 Å². The van der Waals surface area contributed by atoms with E-state index in [0.717, 1.165) is 55.9 Å². The normalized spacial score (nSPS) is 29.0. The lowest BCUT2D eigenvalue weighted by Crippen LogP contribution is -2.41. The third-order valence-electron chi connectivity index (χ3n) is 6.41. The Balaban J connectivity index is 1.21. The van der Waals surface area contributed by atoms with E-state index in [1.807, 2.05) is 24.3 Å². The first-order valence-corrected chi connectivity index (χ1v) is 9.82. The van der Waals surface area contributed by atoms with Gasteiger partial charge in [-0.05, 0) is 67.7 Å². The number of ether oxygens (including phenoxy) is 2. The van der Waals surface area contributed by atoms with E-state index in [4.69, 9.17) is 9.47 Å². The summed E-state index contributed by atoms with van der Waals surface area (Å²) in [7, 11) is 1.67. The predicted octanol–water partition coefficient (Wildman–Crippen LogP) is 3.75. The number of benzene rings is 1. The Hall–Kier alpha value is -1.71. The molecule has 0 bridgehead atoms. The maximum Gasteiger partial charge on any atom is 0.226 e. The molecule has 2 saturated carbocycles. The van der Waals surface area contributed by atoms with E-state index in [1.165, 1.54) is 25.7 Å². The van der Waals surface area contributed by atoms with Crippen LogP contribution in [0, 0.1) is 23.7 Å². The summed E-state index contributed by atoms with van der Waals surface area (Å²) in [4.78, 5) is 14.9. The zero-order valence-electron chi connectivity index (χ0n) is 15.2. The van der Waals surface area contributed by atoms with Gasteiger partial charge in [0.25, 0.3) is 0 Å². The highest BCUT2D eigenvalue weighted by Gasteiger charge is 2.55. The van der Waals surface area contributed by atoms with Crippen LogP contribution in [0.1, 0.15) is 38.5 Å². The van der Waals surface area contributed by atoms with Gasteiger partial charge in [0.2, 0.25) is 5.91 Å². The van der Waals surface area contributed by atoms with Crippen molar-refractivity contribution in [1.29, 1.82) is 0 Å². The molecule has 1 aliphatic heterocycles. The van der Waals surface area contributed by atoms with Gasteiger partial charge in [-0.25, -0.2) is 0 Å². The second kappa shape index (κ2) is 7.27. The molecular weight excluding hydrogens is 314 g/mol. The predicted molar refractivity (Wildman–Crippen MR) is 96.7 cm³/mol. The van der Waals surface area contributed by atoms with E-state index in [0.29, 0.717) is 17.7 Å². The number of carbonyl (C=O) groups is 1. The summed E-state index contributed by atoms with van der Waals surface area (Å²) < 4.78 is 11.1. The summed E-state index contributed by atoms with van der Waals surface area (Å²) in [5.74, 6) is 4.55. The molecule has 1 unspecified atom stereocenters. The van der Waals surface area contributed by atoms with Crippen LogP contribution < -0.4 is 9.47 Å². The van der Waals surface area contributed by atoms with Crippen LogP contribution in [0.15, 0.2) is 24.3 Å². The SMILES string of the molecule is COc1ccc(OCC2CCN(C(=O)C3[C@H]4CCCC[C@@H]34)CC2)cc1. The molecule has 1 heterocycles. The van der Waals surface area contributed by atoms with Gasteiger partial charge in [-0.15, -0.1) is 0 Å². The Bertz CT molecular complexity index is 580. The summed E-state index contributed by atoms with van der Waals surface area (Å²) in [6.07, 6.45) is 7.35. The Morgan fingerprint density at radius 2 is 1.60 bits per heavy atom. The minimum absolute atomic E-state index is 0.370. The summed E-state index contributed by atoms with van der Waals surface area (Å²) in [5, 5.41) is 0. The fourth-order valence-electron chi connectivity index (χ4n) is 4.78. The zero-order chi connectivity index (χ0) is 17.2. The first-order valence-electron chi connectivity index (χ1n) is 9.82. The van der Waals surface area contributed by atoms with Gasteiger partial charge in [0.05, 0.1) is 13.7 Å². The number of amides is 1. The molecule has 3 fully saturated rings. The second-order valence-electron chi connectivity index (χ2n) is 7.89. The minimum Gasteiger partial charge on any atom is -0.497 e. The summed E-state index contributed by atoms with van der Waals surface area (Å²) in [6.45, 7) is 2.56. The summed E-state index contributed by atoms with van der Waals surface area (Å²) >= 11 is 0. The molecule has 3 aliphatic rings. The van der Waals surface area contributed by atoms with Crippen LogP contribution in [0.4, 0.5) is 0 Å². The lowest BCUT2D eigenvalue weighted by molar-refractivity contribution is -0.134. The largest absolute Gasteiger partial charge is 0.497 e. The summed E-state index contributed by atoms with van der Waals surface area (Å²) in [6, 6.07) is 7.75. The molecular formula is C21H29NO3. The molecule has 0 aromatic heterocycles. The van der Waals surface area contributed by atoms with Crippen molar-refractivity contribution >= 4 is 5.91 Å². The third kappa shape index (κ3) is 3.63. The first kappa shape index (κ1) is 16.7. The number of hydrogen-bond acceptors (Lipinski definition) is 3. The zero-order valence-corrected chi connectivity index (χ0v) is 15.2. The van der Waals surface area contributed by atoms with Crippen LogP contribution in [-0.2, 0) is 4.79 Å². The molecule has 0 N–H and O–H groups in total. The van der Waals surface area contributed by atoms with Gasteiger partial charge in [0.15, 0.2) is 0 Å². The van der Waals surface area contributed by atoms with Gasteiger partial charge in [-0.2, -0.15) is 0 Å². The topological polar surface area (TPSA) is 38.8 Å². The maximum atomic E-state index is 12.8. The second-order valence-corrected chi connectivity index (χ2v) is 7.89. The van der Waals surface area contributed by atoms with Crippen LogP contribution in [0.2, 0.25) is 0 Å². The molecule has 136 valence electrons. The number of methoxy groups -OCH3 is 1. The van der Waals surface area contributed by atoms with E-state index >= 15 is 0 Å². The molecule has 1 saturated heterocycles. The lowest BCUT2D eigenvalue weighted by Gasteiger charge is -2.32. The van der Waals surface area contributed by atoms with E-state index in [2.05, 4.69) is 4.90 Å². The molecule has 4 rings (SSSR count). The number of piperidine rings is 1. The fourth-order valence-corrected chi connectivity index (χ4v) is 4.78. The Kier molecular flexibility index (Phi) is 4.87. The van der Waals surface area contributed by atoms with E-state index in [9.17, 15) is 4.79 Å². The van der Waals surface area contributed by atoms with E-state index in [-0.39, 0.29) is 0 Å². The molecule has 25 heavy (non-hydrogen) atoms. The maximum absolute atomic E-state index is 12.8. The monoisotopic (exact) mass is 343 g/mol.